The lowest BCUT2D eigenvalue weighted by Crippen LogP contribution is -2.00. The largest absolute Gasteiger partial charge is 0.493 e. The zero-order valence-electron chi connectivity index (χ0n) is 6.05. The fourth-order valence-corrected chi connectivity index (χ4v) is 0.801. The topological polar surface area (TPSA) is 63.8 Å². The maximum absolute atomic E-state index is 8.96. The van der Waals surface area contributed by atoms with Crippen molar-refractivity contribution in [1.82, 2.24) is 19.7 Å². The van der Waals surface area contributed by atoms with Crippen molar-refractivity contribution in [2.24, 2.45) is 0 Å². The van der Waals surface area contributed by atoms with Crippen LogP contribution in [0.15, 0.2) is 24.7 Å². The third-order valence-electron chi connectivity index (χ3n) is 1.29. The molecule has 2 aromatic rings. The maximum Gasteiger partial charge on any atom is 0.253 e. The summed E-state index contributed by atoms with van der Waals surface area (Å²) in [4.78, 5) is 7.56. The van der Waals surface area contributed by atoms with Gasteiger partial charge in [-0.1, -0.05) is 0 Å². The van der Waals surface area contributed by atoms with Gasteiger partial charge >= 0.3 is 0 Å². The normalized spacial score (nSPS) is 10.0. The molecule has 0 saturated carbocycles. The summed E-state index contributed by atoms with van der Waals surface area (Å²) < 4.78 is 1.45. The van der Waals surface area contributed by atoms with E-state index in [1.54, 1.807) is 18.5 Å². The van der Waals surface area contributed by atoms with Gasteiger partial charge in [-0.2, -0.15) is 10.1 Å². The van der Waals surface area contributed by atoms with Crippen LogP contribution in [0.2, 0.25) is 0 Å². The smallest absolute Gasteiger partial charge is 0.253 e. The summed E-state index contributed by atoms with van der Waals surface area (Å²) in [6.45, 7) is 0. The van der Waals surface area contributed by atoms with Crippen LogP contribution < -0.4 is 0 Å². The zero-order valence-corrected chi connectivity index (χ0v) is 6.05. The van der Waals surface area contributed by atoms with Crippen molar-refractivity contribution in [3.8, 4) is 11.8 Å². The number of hydrogen-bond acceptors (Lipinski definition) is 4. The Balaban J connectivity index is 2.48. The minimum absolute atomic E-state index is 0.185. The summed E-state index contributed by atoms with van der Waals surface area (Å²) in [5.41, 5.74) is 0. The van der Waals surface area contributed by atoms with Crippen molar-refractivity contribution in [3.05, 3.63) is 30.7 Å². The minimum atomic E-state index is -0.185. The van der Waals surface area contributed by atoms with Gasteiger partial charge in [0.15, 0.2) is 0 Å². The summed E-state index contributed by atoms with van der Waals surface area (Å²) in [5.74, 6) is 0.145. The van der Waals surface area contributed by atoms with Crippen molar-refractivity contribution in [2.45, 2.75) is 0 Å². The Morgan fingerprint density at radius 2 is 2.42 bits per heavy atom. The molecule has 2 rings (SSSR count). The first-order valence-corrected chi connectivity index (χ1v) is 3.30. The lowest BCUT2D eigenvalue weighted by Gasteiger charge is -1.96. The van der Waals surface area contributed by atoms with Crippen molar-refractivity contribution in [2.75, 3.05) is 0 Å². The van der Waals surface area contributed by atoms with Gasteiger partial charge in [0.25, 0.3) is 5.95 Å². The van der Waals surface area contributed by atoms with Crippen LogP contribution in [0.5, 0.6) is 5.88 Å². The molecule has 0 saturated heterocycles. The lowest BCUT2D eigenvalue weighted by atomic mass is 10.6. The second kappa shape index (κ2) is 2.61. The van der Waals surface area contributed by atoms with Crippen LogP contribution in [0, 0.1) is 6.07 Å². The third kappa shape index (κ3) is 1.12. The van der Waals surface area contributed by atoms with E-state index in [0.717, 1.165) is 0 Å². The van der Waals surface area contributed by atoms with E-state index < -0.39 is 0 Å². The molecule has 2 heterocycles. The molecule has 1 N–H and O–H groups in total. The highest BCUT2D eigenvalue weighted by molar-refractivity contribution is 5.14. The van der Waals surface area contributed by atoms with E-state index >= 15 is 0 Å². The van der Waals surface area contributed by atoms with E-state index in [0.29, 0.717) is 5.95 Å². The predicted molar refractivity (Wildman–Crippen MR) is 39.7 cm³/mol. The standard InChI is InChI=1S/C7H5N4O/c12-6-2-4-8-7(10-6)11-5-1-3-9-11/h1,3-5H,(H,8,10,12). The van der Waals surface area contributed by atoms with E-state index in [1.807, 2.05) is 0 Å². The Kier molecular flexibility index (Phi) is 1.48. The first-order chi connectivity index (χ1) is 5.86. The first kappa shape index (κ1) is 6.78. The van der Waals surface area contributed by atoms with E-state index in [1.165, 1.54) is 10.9 Å². The third-order valence-corrected chi connectivity index (χ3v) is 1.29. The molecule has 0 aliphatic heterocycles. The van der Waals surface area contributed by atoms with Crippen molar-refractivity contribution < 1.29 is 5.11 Å². The average molecular weight is 161 g/mol. The molecular weight excluding hydrogens is 156 g/mol. The minimum Gasteiger partial charge on any atom is -0.493 e. The Bertz CT molecular complexity index is 371. The van der Waals surface area contributed by atoms with Crippen LogP contribution in [0.25, 0.3) is 5.95 Å². The molecule has 0 aliphatic carbocycles. The van der Waals surface area contributed by atoms with Gasteiger partial charge in [0.05, 0.1) is 6.07 Å². The van der Waals surface area contributed by atoms with Gasteiger partial charge in [0.1, 0.15) is 0 Å². The van der Waals surface area contributed by atoms with Gasteiger partial charge in [0.2, 0.25) is 5.88 Å². The molecule has 0 bridgehead atoms. The average Bonchev–Trinajstić information content (AvgIpc) is 2.56. The maximum atomic E-state index is 8.96. The molecule has 59 valence electrons. The molecule has 0 aliphatic rings. The Morgan fingerprint density at radius 1 is 1.50 bits per heavy atom. The molecular formula is C7H5N4O. The quantitative estimate of drug-likeness (QED) is 0.647. The molecule has 0 fully saturated rings. The molecule has 1 radical (unpaired) electrons. The zero-order chi connectivity index (χ0) is 8.39. The first-order valence-electron chi connectivity index (χ1n) is 3.30. The highest BCUT2D eigenvalue weighted by Gasteiger charge is 1.99. The molecule has 0 unspecified atom stereocenters. The van der Waals surface area contributed by atoms with Crippen LogP contribution in [-0.2, 0) is 0 Å². The Morgan fingerprint density at radius 3 is 3.08 bits per heavy atom. The van der Waals surface area contributed by atoms with Gasteiger partial charge in [-0.15, -0.1) is 0 Å². The Hall–Kier alpha value is -1.91. The number of hydrogen-bond donors (Lipinski definition) is 1. The van der Waals surface area contributed by atoms with Crippen LogP contribution in [-0.4, -0.2) is 24.9 Å². The number of nitrogens with zero attached hydrogens (tertiary/aromatic N) is 4. The van der Waals surface area contributed by atoms with Gasteiger partial charge < -0.3 is 5.11 Å². The molecule has 5 nitrogen and oxygen atoms in total. The fourth-order valence-electron chi connectivity index (χ4n) is 0.801. The lowest BCUT2D eigenvalue weighted by molar-refractivity contribution is 0.448. The summed E-state index contributed by atoms with van der Waals surface area (Å²) in [6.07, 6.45) is 4.64. The van der Waals surface area contributed by atoms with Crippen LogP contribution in [0.4, 0.5) is 0 Å². The van der Waals surface area contributed by atoms with Gasteiger partial charge in [-0.3, -0.25) is 0 Å². The highest BCUT2D eigenvalue weighted by atomic mass is 16.3. The van der Waals surface area contributed by atoms with E-state index in [2.05, 4.69) is 21.1 Å². The number of aromatic hydroxyl groups is 1. The van der Waals surface area contributed by atoms with Crippen molar-refractivity contribution >= 4 is 0 Å². The summed E-state index contributed by atoms with van der Waals surface area (Å²) in [5, 5.41) is 12.9. The molecule has 2 aromatic heterocycles. The molecule has 12 heavy (non-hydrogen) atoms. The summed E-state index contributed by atoms with van der Waals surface area (Å²) in [6, 6.07) is 4.17. The van der Waals surface area contributed by atoms with E-state index in [-0.39, 0.29) is 5.88 Å². The number of rotatable bonds is 1. The van der Waals surface area contributed by atoms with Crippen molar-refractivity contribution in [1.29, 1.82) is 0 Å². The molecule has 0 atom stereocenters. The molecule has 0 aromatic carbocycles. The summed E-state index contributed by atoms with van der Waals surface area (Å²) >= 11 is 0. The fraction of sp³-hybridized carbons (Fsp3) is 0. The molecule has 5 heteroatoms. The van der Waals surface area contributed by atoms with Crippen LogP contribution >= 0.6 is 0 Å². The monoisotopic (exact) mass is 161 g/mol. The highest BCUT2D eigenvalue weighted by Crippen LogP contribution is 2.03. The van der Waals surface area contributed by atoms with E-state index in [4.69, 9.17) is 5.11 Å². The molecule has 0 spiro atoms. The van der Waals surface area contributed by atoms with Gasteiger partial charge in [0, 0.05) is 18.6 Å². The van der Waals surface area contributed by atoms with Crippen molar-refractivity contribution in [3.63, 3.8) is 0 Å². The van der Waals surface area contributed by atoms with Crippen LogP contribution in [0.3, 0.4) is 0 Å². The SMILES string of the molecule is Oc1[c]cnc(-n2cccn2)n1. The van der Waals surface area contributed by atoms with E-state index in [9.17, 15) is 0 Å². The van der Waals surface area contributed by atoms with Gasteiger partial charge in [-0.05, 0) is 6.07 Å². The second-order valence-electron chi connectivity index (χ2n) is 2.09. The Labute approximate surface area is 68.3 Å². The van der Waals surface area contributed by atoms with Gasteiger partial charge in [-0.25, -0.2) is 9.67 Å². The number of aromatic nitrogens is 4. The predicted octanol–water partition coefficient (Wildman–Crippen LogP) is 0.168. The second-order valence-corrected chi connectivity index (χ2v) is 2.09. The molecule has 0 amide bonds. The summed E-state index contributed by atoms with van der Waals surface area (Å²) in [7, 11) is 0. The van der Waals surface area contributed by atoms with Crippen LogP contribution in [0.1, 0.15) is 0 Å².